The van der Waals surface area contributed by atoms with Gasteiger partial charge in [0.15, 0.2) is 0 Å². The zero-order chi connectivity index (χ0) is 13.4. The molecule has 0 saturated heterocycles. The Balaban J connectivity index is 1.86. The van der Waals surface area contributed by atoms with Gasteiger partial charge < -0.3 is 16.4 Å². The summed E-state index contributed by atoms with van der Waals surface area (Å²) in [5.41, 5.74) is 15.0. The summed E-state index contributed by atoms with van der Waals surface area (Å²) in [4.78, 5) is 10.3. The molecule has 2 heterocycles. The number of halogens is 1. The topological polar surface area (TPSA) is 81.1 Å². The Labute approximate surface area is 125 Å². The van der Waals surface area contributed by atoms with Crippen molar-refractivity contribution in [2.24, 2.45) is 0 Å². The van der Waals surface area contributed by atoms with Crippen LogP contribution in [0.2, 0.25) is 0 Å². The van der Waals surface area contributed by atoms with Gasteiger partial charge in [0.05, 0.1) is 0 Å². The van der Waals surface area contributed by atoms with Crippen molar-refractivity contribution < 1.29 is 0 Å². The smallest absolute Gasteiger partial charge is 0.221 e. The molecule has 0 aliphatic carbocycles. The van der Waals surface area contributed by atoms with E-state index in [9.17, 15) is 0 Å². The minimum Gasteiger partial charge on any atom is -0.383 e. The molecule has 6 heteroatoms. The summed E-state index contributed by atoms with van der Waals surface area (Å²) >= 11 is 2.34. The Kier molecular flexibility index (Phi) is 3.17. The average Bonchev–Trinajstić information content (AvgIpc) is 2.75. The number of nitrogen functional groups attached to an aromatic ring is 2. The standard InChI is InChI=1S/C13H14IN5/c14-10-1-2-11-8(5-10)3-4-19(11)7-9-6-17-13(16)18-12(9)15/h1-2,5-6H,3-4,7H2,(H4,15,16,17,18). The minimum absolute atomic E-state index is 0.220. The Bertz CT molecular complexity index is 628. The zero-order valence-electron chi connectivity index (χ0n) is 10.3. The highest BCUT2D eigenvalue weighted by Crippen LogP contribution is 2.31. The van der Waals surface area contributed by atoms with Crippen molar-refractivity contribution in [1.29, 1.82) is 0 Å². The molecule has 0 saturated carbocycles. The van der Waals surface area contributed by atoms with Gasteiger partial charge in [-0.25, -0.2) is 4.98 Å². The summed E-state index contributed by atoms with van der Waals surface area (Å²) in [6.45, 7) is 1.72. The molecule has 0 spiro atoms. The molecule has 3 rings (SSSR count). The molecule has 0 atom stereocenters. The molecule has 0 fully saturated rings. The maximum absolute atomic E-state index is 5.88. The molecule has 0 radical (unpaired) electrons. The van der Waals surface area contributed by atoms with E-state index in [2.05, 4.69) is 55.7 Å². The Morgan fingerprint density at radius 3 is 2.95 bits per heavy atom. The Morgan fingerprint density at radius 1 is 1.32 bits per heavy atom. The molecule has 5 nitrogen and oxygen atoms in total. The van der Waals surface area contributed by atoms with E-state index < -0.39 is 0 Å². The second-order valence-corrected chi connectivity index (χ2v) is 5.83. The summed E-state index contributed by atoms with van der Waals surface area (Å²) in [5, 5.41) is 0. The maximum atomic E-state index is 5.88. The number of hydrogen-bond donors (Lipinski definition) is 2. The highest BCUT2D eigenvalue weighted by atomic mass is 127. The number of nitrogens with two attached hydrogens (primary N) is 2. The van der Waals surface area contributed by atoms with Crippen LogP contribution in [0.4, 0.5) is 17.5 Å². The second kappa shape index (κ2) is 4.84. The third-order valence-corrected chi connectivity index (χ3v) is 3.98. The minimum atomic E-state index is 0.220. The van der Waals surface area contributed by atoms with Crippen LogP contribution in [0.25, 0.3) is 0 Å². The lowest BCUT2D eigenvalue weighted by atomic mass is 10.2. The number of rotatable bonds is 2. The first kappa shape index (κ1) is 12.5. The van der Waals surface area contributed by atoms with Crippen LogP contribution in [0.3, 0.4) is 0 Å². The lowest BCUT2D eigenvalue weighted by molar-refractivity contribution is 0.830. The lowest BCUT2D eigenvalue weighted by Crippen LogP contribution is -2.21. The molecule has 0 amide bonds. The van der Waals surface area contributed by atoms with Gasteiger partial charge in [-0.2, -0.15) is 4.98 Å². The van der Waals surface area contributed by atoms with Crippen LogP contribution in [0, 0.1) is 3.57 Å². The Hall–Kier alpha value is -1.57. The van der Waals surface area contributed by atoms with Gasteiger partial charge in [0.25, 0.3) is 0 Å². The molecule has 0 unspecified atom stereocenters. The fraction of sp³-hybridized carbons (Fsp3) is 0.231. The van der Waals surface area contributed by atoms with Gasteiger partial charge >= 0.3 is 0 Å². The predicted octanol–water partition coefficient (Wildman–Crippen LogP) is 1.81. The predicted molar refractivity (Wildman–Crippen MR) is 84.8 cm³/mol. The van der Waals surface area contributed by atoms with Gasteiger partial charge in [0, 0.05) is 34.1 Å². The molecular weight excluding hydrogens is 353 g/mol. The molecule has 1 aliphatic rings. The van der Waals surface area contributed by atoms with E-state index in [1.54, 1.807) is 6.20 Å². The summed E-state index contributed by atoms with van der Waals surface area (Å²) in [6, 6.07) is 6.53. The molecule has 98 valence electrons. The van der Waals surface area contributed by atoms with Crippen molar-refractivity contribution in [3.63, 3.8) is 0 Å². The van der Waals surface area contributed by atoms with E-state index in [-0.39, 0.29) is 5.95 Å². The van der Waals surface area contributed by atoms with Crippen LogP contribution < -0.4 is 16.4 Å². The number of anilines is 3. The van der Waals surface area contributed by atoms with E-state index in [1.807, 2.05) is 0 Å². The van der Waals surface area contributed by atoms with Crippen LogP contribution >= 0.6 is 22.6 Å². The fourth-order valence-electron chi connectivity index (χ4n) is 2.36. The summed E-state index contributed by atoms with van der Waals surface area (Å²) < 4.78 is 1.27. The third-order valence-electron chi connectivity index (χ3n) is 3.31. The van der Waals surface area contributed by atoms with E-state index in [4.69, 9.17) is 11.5 Å². The summed E-state index contributed by atoms with van der Waals surface area (Å²) in [7, 11) is 0. The molecular formula is C13H14IN5. The fourth-order valence-corrected chi connectivity index (χ4v) is 2.92. The van der Waals surface area contributed by atoms with E-state index >= 15 is 0 Å². The molecule has 4 N–H and O–H groups in total. The molecule has 1 aromatic carbocycles. The normalized spacial score (nSPS) is 13.6. The van der Waals surface area contributed by atoms with E-state index in [0.29, 0.717) is 5.82 Å². The van der Waals surface area contributed by atoms with Gasteiger partial charge in [-0.3, -0.25) is 0 Å². The van der Waals surface area contributed by atoms with Crippen LogP contribution in [-0.2, 0) is 13.0 Å². The first-order chi connectivity index (χ1) is 9.13. The number of benzene rings is 1. The first-order valence-electron chi connectivity index (χ1n) is 6.04. The third kappa shape index (κ3) is 2.44. The number of aromatic nitrogens is 2. The first-order valence-corrected chi connectivity index (χ1v) is 7.11. The van der Waals surface area contributed by atoms with Crippen LogP contribution in [-0.4, -0.2) is 16.5 Å². The lowest BCUT2D eigenvalue weighted by Gasteiger charge is -2.20. The highest BCUT2D eigenvalue weighted by Gasteiger charge is 2.20. The molecule has 19 heavy (non-hydrogen) atoms. The van der Waals surface area contributed by atoms with Crippen LogP contribution in [0.15, 0.2) is 24.4 Å². The van der Waals surface area contributed by atoms with Crippen molar-refractivity contribution >= 4 is 40.0 Å². The van der Waals surface area contributed by atoms with Gasteiger partial charge in [0.1, 0.15) is 5.82 Å². The number of hydrogen-bond acceptors (Lipinski definition) is 5. The molecule has 2 aromatic rings. The molecule has 0 bridgehead atoms. The monoisotopic (exact) mass is 367 g/mol. The van der Waals surface area contributed by atoms with Crippen molar-refractivity contribution in [2.45, 2.75) is 13.0 Å². The van der Waals surface area contributed by atoms with Gasteiger partial charge in [0.2, 0.25) is 5.95 Å². The number of fused-ring (bicyclic) bond motifs is 1. The van der Waals surface area contributed by atoms with Crippen molar-refractivity contribution in [1.82, 2.24) is 9.97 Å². The Morgan fingerprint density at radius 2 is 2.16 bits per heavy atom. The van der Waals surface area contributed by atoms with Crippen molar-refractivity contribution in [3.05, 3.63) is 39.1 Å². The summed E-state index contributed by atoms with van der Waals surface area (Å²) in [6.07, 6.45) is 2.78. The largest absolute Gasteiger partial charge is 0.383 e. The van der Waals surface area contributed by atoms with Crippen LogP contribution in [0.1, 0.15) is 11.1 Å². The zero-order valence-corrected chi connectivity index (χ0v) is 12.5. The second-order valence-electron chi connectivity index (χ2n) is 4.58. The maximum Gasteiger partial charge on any atom is 0.221 e. The molecule has 1 aliphatic heterocycles. The van der Waals surface area contributed by atoms with Crippen molar-refractivity contribution in [3.8, 4) is 0 Å². The van der Waals surface area contributed by atoms with Crippen LogP contribution in [0.5, 0.6) is 0 Å². The van der Waals surface area contributed by atoms with Gasteiger partial charge in [-0.05, 0) is 52.8 Å². The SMILES string of the molecule is Nc1ncc(CN2CCc3cc(I)ccc32)c(N)n1. The van der Waals surface area contributed by atoms with Crippen molar-refractivity contribution in [2.75, 3.05) is 22.9 Å². The van der Waals surface area contributed by atoms with Gasteiger partial charge in [-0.1, -0.05) is 0 Å². The average molecular weight is 367 g/mol. The summed E-state index contributed by atoms with van der Waals surface area (Å²) in [5.74, 6) is 0.684. The molecule has 1 aromatic heterocycles. The highest BCUT2D eigenvalue weighted by molar-refractivity contribution is 14.1. The van der Waals surface area contributed by atoms with E-state index in [0.717, 1.165) is 25.1 Å². The van der Waals surface area contributed by atoms with E-state index in [1.165, 1.54) is 14.8 Å². The number of nitrogens with zero attached hydrogens (tertiary/aromatic N) is 3. The van der Waals surface area contributed by atoms with Gasteiger partial charge in [-0.15, -0.1) is 0 Å². The quantitative estimate of drug-likeness (QED) is 0.792.